The Hall–Kier alpha value is -1.42. The molecule has 1 aromatic rings. The van der Waals surface area contributed by atoms with E-state index < -0.39 is 11.9 Å². The second-order valence-corrected chi connectivity index (χ2v) is 5.08. The second-order valence-electron chi connectivity index (χ2n) is 5.08. The van der Waals surface area contributed by atoms with Gasteiger partial charge in [-0.05, 0) is 49.8 Å². The number of rotatable bonds is 6. The fourth-order valence-corrected chi connectivity index (χ4v) is 2.52. The lowest BCUT2D eigenvalue weighted by molar-refractivity contribution is -0.142. The molecule has 0 bridgehead atoms. The minimum atomic E-state index is -0.817. The molecular weight excluding hydrogens is 247 g/mol. The normalized spacial score (nSPS) is 20.4. The standard InChI is InChI=1S/C15H19FO3/c16-13-4-1-3-11(10-13)9-12(15(17)18)6-7-14-5-2-8-19-14/h1,3-4,10,12,14H,2,5-9H2,(H,17,18). The van der Waals surface area contributed by atoms with E-state index in [2.05, 4.69) is 0 Å². The van der Waals surface area contributed by atoms with Gasteiger partial charge in [-0.25, -0.2) is 4.39 Å². The number of halogens is 1. The smallest absolute Gasteiger partial charge is 0.306 e. The van der Waals surface area contributed by atoms with Crippen molar-refractivity contribution in [2.24, 2.45) is 5.92 Å². The van der Waals surface area contributed by atoms with Crippen molar-refractivity contribution in [3.8, 4) is 0 Å². The van der Waals surface area contributed by atoms with Crippen molar-refractivity contribution < 1.29 is 19.0 Å². The second kappa shape index (κ2) is 6.66. The first-order chi connectivity index (χ1) is 9.15. The molecule has 0 aromatic heterocycles. The van der Waals surface area contributed by atoms with Crippen molar-refractivity contribution in [2.75, 3.05) is 6.61 Å². The Labute approximate surface area is 112 Å². The molecule has 2 unspecified atom stereocenters. The maximum atomic E-state index is 13.1. The molecule has 0 amide bonds. The van der Waals surface area contributed by atoms with Crippen LogP contribution in [0.4, 0.5) is 4.39 Å². The summed E-state index contributed by atoms with van der Waals surface area (Å²) in [6.07, 6.45) is 4.01. The van der Waals surface area contributed by atoms with Crippen molar-refractivity contribution in [1.82, 2.24) is 0 Å². The van der Waals surface area contributed by atoms with Crippen LogP contribution < -0.4 is 0 Å². The first-order valence-corrected chi connectivity index (χ1v) is 6.74. The van der Waals surface area contributed by atoms with Gasteiger partial charge in [0.25, 0.3) is 0 Å². The quantitative estimate of drug-likeness (QED) is 0.861. The SMILES string of the molecule is O=C(O)C(CCC1CCCO1)Cc1cccc(F)c1. The van der Waals surface area contributed by atoms with Crippen LogP contribution in [-0.2, 0) is 16.0 Å². The van der Waals surface area contributed by atoms with E-state index in [1.807, 2.05) is 0 Å². The van der Waals surface area contributed by atoms with Gasteiger partial charge in [0.2, 0.25) is 0 Å². The van der Waals surface area contributed by atoms with Gasteiger partial charge in [0, 0.05) is 6.61 Å². The van der Waals surface area contributed by atoms with Gasteiger partial charge in [-0.1, -0.05) is 12.1 Å². The lowest BCUT2D eigenvalue weighted by atomic mass is 9.93. The summed E-state index contributed by atoms with van der Waals surface area (Å²) in [6, 6.07) is 6.16. The fraction of sp³-hybridized carbons (Fsp3) is 0.533. The van der Waals surface area contributed by atoms with Gasteiger partial charge >= 0.3 is 5.97 Å². The van der Waals surface area contributed by atoms with Crippen LogP contribution in [0.5, 0.6) is 0 Å². The predicted molar refractivity (Wildman–Crippen MR) is 69.4 cm³/mol. The zero-order valence-corrected chi connectivity index (χ0v) is 10.8. The van der Waals surface area contributed by atoms with Crippen LogP contribution in [0.3, 0.4) is 0 Å². The fourth-order valence-electron chi connectivity index (χ4n) is 2.52. The molecule has 1 aliphatic rings. The third-order valence-corrected chi connectivity index (χ3v) is 3.58. The van der Waals surface area contributed by atoms with Crippen LogP contribution in [0, 0.1) is 11.7 Å². The summed E-state index contributed by atoms with van der Waals surface area (Å²) in [6.45, 7) is 0.784. The van der Waals surface area contributed by atoms with Crippen molar-refractivity contribution in [1.29, 1.82) is 0 Å². The summed E-state index contributed by atoms with van der Waals surface area (Å²) in [4.78, 5) is 11.3. The Balaban J connectivity index is 1.90. The molecule has 1 aromatic carbocycles. The van der Waals surface area contributed by atoms with Crippen molar-refractivity contribution >= 4 is 5.97 Å². The first kappa shape index (κ1) is 14.0. The first-order valence-electron chi connectivity index (χ1n) is 6.74. The average molecular weight is 266 g/mol. The maximum absolute atomic E-state index is 13.1. The lowest BCUT2D eigenvalue weighted by Gasteiger charge is -2.15. The van der Waals surface area contributed by atoms with Gasteiger partial charge in [-0.3, -0.25) is 4.79 Å². The molecular formula is C15H19FO3. The highest BCUT2D eigenvalue weighted by molar-refractivity contribution is 5.70. The van der Waals surface area contributed by atoms with Crippen LogP contribution in [0.15, 0.2) is 24.3 Å². The third-order valence-electron chi connectivity index (χ3n) is 3.58. The van der Waals surface area contributed by atoms with E-state index in [1.165, 1.54) is 12.1 Å². The summed E-state index contributed by atoms with van der Waals surface area (Å²) in [5, 5.41) is 9.24. The van der Waals surface area contributed by atoms with E-state index >= 15 is 0 Å². The number of carbonyl (C=O) groups is 1. The topological polar surface area (TPSA) is 46.5 Å². The third kappa shape index (κ3) is 4.31. The molecule has 2 atom stereocenters. The molecule has 0 radical (unpaired) electrons. The molecule has 0 saturated carbocycles. The molecule has 1 N–H and O–H groups in total. The minimum absolute atomic E-state index is 0.203. The molecule has 104 valence electrons. The zero-order valence-electron chi connectivity index (χ0n) is 10.8. The van der Waals surface area contributed by atoms with E-state index in [0.29, 0.717) is 12.8 Å². The molecule has 4 heteroatoms. The number of benzene rings is 1. The number of hydrogen-bond acceptors (Lipinski definition) is 2. The van der Waals surface area contributed by atoms with Crippen LogP contribution in [0.2, 0.25) is 0 Å². The molecule has 19 heavy (non-hydrogen) atoms. The Morgan fingerprint density at radius 3 is 3.00 bits per heavy atom. The maximum Gasteiger partial charge on any atom is 0.306 e. The van der Waals surface area contributed by atoms with E-state index in [4.69, 9.17) is 4.74 Å². The highest BCUT2D eigenvalue weighted by atomic mass is 19.1. The van der Waals surface area contributed by atoms with Crippen molar-refractivity contribution in [2.45, 2.75) is 38.2 Å². The predicted octanol–water partition coefficient (Wildman–Crippen LogP) is 3.03. The van der Waals surface area contributed by atoms with Crippen molar-refractivity contribution in [3.63, 3.8) is 0 Å². The van der Waals surface area contributed by atoms with Crippen molar-refractivity contribution in [3.05, 3.63) is 35.6 Å². The summed E-state index contributed by atoms with van der Waals surface area (Å²) in [5.41, 5.74) is 0.736. The highest BCUT2D eigenvalue weighted by Crippen LogP contribution is 2.22. The van der Waals surface area contributed by atoms with Crippen LogP contribution >= 0.6 is 0 Å². The number of ether oxygens (including phenoxy) is 1. The summed E-state index contributed by atoms with van der Waals surface area (Å²) in [5.74, 6) is -1.60. The number of carboxylic acids is 1. The Bertz CT molecular complexity index is 427. The number of hydrogen-bond donors (Lipinski definition) is 1. The summed E-state index contributed by atoms with van der Waals surface area (Å²) < 4.78 is 18.6. The Kier molecular flexibility index (Phi) is 4.91. The van der Waals surface area contributed by atoms with Gasteiger partial charge in [0.05, 0.1) is 12.0 Å². The van der Waals surface area contributed by atoms with E-state index in [-0.39, 0.29) is 11.9 Å². The van der Waals surface area contributed by atoms with Gasteiger partial charge in [-0.2, -0.15) is 0 Å². The lowest BCUT2D eigenvalue weighted by Crippen LogP contribution is -2.19. The van der Waals surface area contributed by atoms with E-state index in [0.717, 1.165) is 31.4 Å². The van der Waals surface area contributed by atoms with Gasteiger partial charge in [0.1, 0.15) is 5.82 Å². The van der Waals surface area contributed by atoms with E-state index in [1.54, 1.807) is 12.1 Å². The monoisotopic (exact) mass is 266 g/mol. The van der Waals surface area contributed by atoms with Gasteiger partial charge in [-0.15, -0.1) is 0 Å². The molecule has 2 rings (SSSR count). The largest absolute Gasteiger partial charge is 0.481 e. The van der Waals surface area contributed by atoms with Crippen LogP contribution in [0.25, 0.3) is 0 Å². The molecule has 0 spiro atoms. The Morgan fingerprint density at radius 1 is 1.53 bits per heavy atom. The van der Waals surface area contributed by atoms with Crippen LogP contribution in [0.1, 0.15) is 31.2 Å². The minimum Gasteiger partial charge on any atom is -0.481 e. The Morgan fingerprint density at radius 2 is 2.37 bits per heavy atom. The molecule has 1 heterocycles. The van der Waals surface area contributed by atoms with Gasteiger partial charge in [0.15, 0.2) is 0 Å². The van der Waals surface area contributed by atoms with Crippen LogP contribution in [-0.4, -0.2) is 23.8 Å². The molecule has 1 fully saturated rings. The average Bonchev–Trinajstić information content (AvgIpc) is 2.87. The summed E-state index contributed by atoms with van der Waals surface area (Å²) >= 11 is 0. The molecule has 3 nitrogen and oxygen atoms in total. The number of aliphatic carboxylic acids is 1. The summed E-state index contributed by atoms with van der Waals surface area (Å²) in [7, 11) is 0. The van der Waals surface area contributed by atoms with E-state index in [9.17, 15) is 14.3 Å². The molecule has 1 aliphatic heterocycles. The zero-order chi connectivity index (χ0) is 13.7. The highest BCUT2D eigenvalue weighted by Gasteiger charge is 2.22. The number of carboxylic acid groups (broad SMARTS) is 1. The molecule has 1 saturated heterocycles. The molecule has 0 aliphatic carbocycles. The van der Waals surface area contributed by atoms with Gasteiger partial charge < -0.3 is 9.84 Å².